The SMILES string of the molecule is CN1CCc2c(N3CCC(N)C3)c(F)c(NN)c3c(=O)c(C(=O)O)cn1c23. The lowest BCUT2D eigenvalue weighted by Crippen LogP contribution is -2.40. The Kier molecular flexibility index (Phi) is 3.97. The number of halogens is 1. The summed E-state index contributed by atoms with van der Waals surface area (Å²) in [6.45, 7) is 1.66. The molecule has 3 heterocycles. The number of nitrogens with one attached hydrogen (secondary N) is 1. The van der Waals surface area contributed by atoms with Crippen LogP contribution in [-0.4, -0.2) is 48.5 Å². The molecular formula is C17H21FN6O3. The summed E-state index contributed by atoms with van der Waals surface area (Å²) in [5.41, 5.74) is 8.41. The molecule has 1 aromatic heterocycles. The van der Waals surface area contributed by atoms with E-state index in [0.717, 1.165) is 6.42 Å². The quantitative estimate of drug-likeness (QED) is 0.428. The number of nitrogens with two attached hydrogens (primary N) is 2. The van der Waals surface area contributed by atoms with Crippen molar-refractivity contribution in [2.45, 2.75) is 18.9 Å². The van der Waals surface area contributed by atoms with E-state index < -0.39 is 22.8 Å². The van der Waals surface area contributed by atoms with Gasteiger partial charge in [0, 0.05) is 44.5 Å². The van der Waals surface area contributed by atoms with Crippen molar-refractivity contribution >= 4 is 28.2 Å². The average molecular weight is 376 g/mol. The summed E-state index contributed by atoms with van der Waals surface area (Å²) < 4.78 is 17.1. The van der Waals surface area contributed by atoms with Gasteiger partial charge in [0.1, 0.15) is 11.3 Å². The Balaban J connectivity index is 2.16. The molecule has 2 aromatic rings. The van der Waals surface area contributed by atoms with Gasteiger partial charge < -0.3 is 26.2 Å². The number of nitrogens with zero attached hydrogens (tertiary/aromatic N) is 3. The molecule has 0 bridgehead atoms. The minimum Gasteiger partial charge on any atom is -0.477 e. The van der Waals surface area contributed by atoms with Gasteiger partial charge >= 0.3 is 5.97 Å². The maximum Gasteiger partial charge on any atom is 0.341 e. The lowest BCUT2D eigenvalue weighted by Gasteiger charge is -2.34. The molecule has 2 aliphatic rings. The summed E-state index contributed by atoms with van der Waals surface area (Å²) in [7, 11) is 1.78. The minimum absolute atomic E-state index is 0.0515. The Morgan fingerprint density at radius 1 is 1.41 bits per heavy atom. The molecule has 9 nitrogen and oxygen atoms in total. The van der Waals surface area contributed by atoms with Gasteiger partial charge in [0.15, 0.2) is 5.82 Å². The smallest absolute Gasteiger partial charge is 0.341 e. The zero-order valence-corrected chi connectivity index (χ0v) is 14.8. The van der Waals surface area contributed by atoms with Crippen molar-refractivity contribution in [3.05, 3.63) is 33.4 Å². The zero-order valence-electron chi connectivity index (χ0n) is 14.8. The number of carboxylic acids is 1. The van der Waals surface area contributed by atoms with Crippen LogP contribution in [0.15, 0.2) is 11.0 Å². The molecule has 2 aliphatic heterocycles. The number of rotatable bonds is 3. The number of carbonyl (C=O) groups is 1. The Labute approximate surface area is 153 Å². The van der Waals surface area contributed by atoms with Crippen LogP contribution in [0.25, 0.3) is 10.9 Å². The van der Waals surface area contributed by atoms with Crippen LogP contribution in [0.2, 0.25) is 0 Å². The molecule has 1 unspecified atom stereocenters. The Morgan fingerprint density at radius 2 is 2.15 bits per heavy atom. The molecule has 1 atom stereocenters. The number of aromatic carboxylic acids is 1. The number of benzene rings is 1. The van der Waals surface area contributed by atoms with Gasteiger partial charge in [0.25, 0.3) is 0 Å². The summed E-state index contributed by atoms with van der Waals surface area (Å²) in [5.74, 6) is 3.54. The van der Waals surface area contributed by atoms with Gasteiger partial charge in [-0.25, -0.2) is 9.18 Å². The third-order valence-electron chi connectivity index (χ3n) is 5.41. The molecule has 27 heavy (non-hydrogen) atoms. The molecular weight excluding hydrogens is 355 g/mol. The predicted octanol–water partition coefficient (Wildman–Crippen LogP) is -0.214. The third-order valence-corrected chi connectivity index (χ3v) is 5.41. The Morgan fingerprint density at radius 3 is 2.74 bits per heavy atom. The molecule has 0 saturated carbocycles. The van der Waals surface area contributed by atoms with Crippen LogP contribution in [0.5, 0.6) is 0 Å². The van der Waals surface area contributed by atoms with Crippen molar-refractivity contribution in [3.8, 4) is 0 Å². The number of carboxylic acid groups (broad SMARTS) is 1. The second-order valence-electron chi connectivity index (χ2n) is 7.03. The molecule has 0 amide bonds. The highest BCUT2D eigenvalue weighted by atomic mass is 19.1. The van der Waals surface area contributed by atoms with Gasteiger partial charge in [-0.05, 0) is 12.8 Å². The van der Waals surface area contributed by atoms with Gasteiger partial charge in [-0.1, -0.05) is 0 Å². The van der Waals surface area contributed by atoms with Gasteiger partial charge in [-0.2, -0.15) is 0 Å². The first-order valence-corrected chi connectivity index (χ1v) is 8.70. The maximum absolute atomic E-state index is 15.5. The molecule has 1 aromatic carbocycles. The van der Waals surface area contributed by atoms with E-state index in [2.05, 4.69) is 5.43 Å². The summed E-state index contributed by atoms with van der Waals surface area (Å²) in [6, 6.07) is -0.0515. The number of nitrogen functional groups attached to an aromatic ring is 1. The minimum atomic E-state index is -1.37. The summed E-state index contributed by atoms with van der Waals surface area (Å²) >= 11 is 0. The highest BCUT2D eigenvalue weighted by molar-refractivity contribution is 6.02. The first-order valence-electron chi connectivity index (χ1n) is 8.70. The predicted molar refractivity (Wildman–Crippen MR) is 100 cm³/mol. The maximum atomic E-state index is 15.5. The largest absolute Gasteiger partial charge is 0.477 e. The van der Waals surface area contributed by atoms with E-state index >= 15 is 4.39 Å². The van der Waals surface area contributed by atoms with Crippen LogP contribution in [0, 0.1) is 5.82 Å². The van der Waals surface area contributed by atoms with Crippen LogP contribution in [0.3, 0.4) is 0 Å². The molecule has 0 radical (unpaired) electrons. The molecule has 1 fully saturated rings. The molecule has 4 rings (SSSR count). The lowest BCUT2D eigenvalue weighted by atomic mass is 9.98. The normalized spacial score (nSPS) is 19.0. The number of hydrogen-bond acceptors (Lipinski definition) is 7. The monoisotopic (exact) mass is 376 g/mol. The van der Waals surface area contributed by atoms with Crippen molar-refractivity contribution in [3.63, 3.8) is 0 Å². The van der Waals surface area contributed by atoms with Gasteiger partial charge in [0.05, 0.1) is 16.6 Å². The number of likely N-dealkylation sites (N-methyl/N-ethyl adjacent to an activating group) is 1. The van der Waals surface area contributed by atoms with Crippen LogP contribution < -0.4 is 32.3 Å². The first kappa shape index (κ1) is 17.6. The summed E-state index contributed by atoms with van der Waals surface area (Å²) in [5, 5.41) is 11.1. The fraction of sp³-hybridized carbons (Fsp3) is 0.412. The Hall–Kier alpha value is -2.85. The van der Waals surface area contributed by atoms with Crippen molar-refractivity contribution in [2.24, 2.45) is 11.6 Å². The number of hydrazine groups is 1. The number of pyridine rings is 1. The third kappa shape index (κ3) is 2.44. The van der Waals surface area contributed by atoms with E-state index in [1.165, 1.54) is 6.20 Å². The molecule has 10 heteroatoms. The van der Waals surface area contributed by atoms with E-state index in [1.54, 1.807) is 16.7 Å². The van der Waals surface area contributed by atoms with E-state index in [4.69, 9.17) is 11.6 Å². The fourth-order valence-electron chi connectivity index (χ4n) is 4.09. The highest BCUT2D eigenvalue weighted by Gasteiger charge is 2.33. The topological polar surface area (TPSA) is 130 Å². The molecule has 6 N–H and O–H groups in total. The first-order chi connectivity index (χ1) is 12.8. The van der Waals surface area contributed by atoms with Crippen LogP contribution in [0.4, 0.5) is 15.8 Å². The highest BCUT2D eigenvalue weighted by Crippen LogP contribution is 2.40. The second-order valence-corrected chi connectivity index (χ2v) is 7.03. The molecule has 144 valence electrons. The standard InChI is InChI=1S/C17H21FN6O3/c1-22-4-3-9-14-11(16(25)10(17(26)27)7-24(14)22)13(21-20)12(18)15(9)23-5-2-8(19)6-23/h7-8,21H,2-6,19-20H2,1H3,(H,26,27). The fourth-order valence-corrected chi connectivity index (χ4v) is 4.09. The lowest BCUT2D eigenvalue weighted by molar-refractivity contribution is 0.0695. The van der Waals surface area contributed by atoms with E-state index in [-0.39, 0.29) is 17.1 Å². The average Bonchev–Trinajstić information content (AvgIpc) is 3.04. The molecule has 1 saturated heterocycles. The number of hydrogen-bond donors (Lipinski definition) is 4. The summed E-state index contributed by atoms with van der Waals surface area (Å²) in [6.07, 6.45) is 2.54. The summed E-state index contributed by atoms with van der Waals surface area (Å²) in [4.78, 5) is 26.2. The van der Waals surface area contributed by atoms with Gasteiger partial charge in [-0.15, -0.1) is 0 Å². The van der Waals surface area contributed by atoms with E-state index in [1.807, 2.05) is 4.90 Å². The Bertz CT molecular complexity index is 1020. The van der Waals surface area contributed by atoms with Crippen LogP contribution in [-0.2, 0) is 6.42 Å². The zero-order chi connectivity index (χ0) is 19.5. The number of aromatic nitrogens is 1. The molecule has 0 spiro atoms. The van der Waals surface area contributed by atoms with E-state index in [0.29, 0.717) is 42.8 Å². The van der Waals surface area contributed by atoms with Crippen molar-refractivity contribution in [1.29, 1.82) is 0 Å². The van der Waals surface area contributed by atoms with Crippen LogP contribution in [0.1, 0.15) is 22.3 Å². The van der Waals surface area contributed by atoms with Crippen LogP contribution >= 0.6 is 0 Å². The van der Waals surface area contributed by atoms with E-state index in [9.17, 15) is 14.7 Å². The van der Waals surface area contributed by atoms with Gasteiger partial charge in [-0.3, -0.25) is 15.3 Å². The molecule has 0 aliphatic carbocycles. The second kappa shape index (κ2) is 6.10. The number of anilines is 2. The van der Waals surface area contributed by atoms with Crippen molar-refractivity contribution < 1.29 is 14.3 Å². The van der Waals surface area contributed by atoms with Crippen molar-refractivity contribution in [2.75, 3.05) is 42.0 Å². The van der Waals surface area contributed by atoms with Gasteiger partial charge in [0.2, 0.25) is 5.43 Å². The van der Waals surface area contributed by atoms with Crippen molar-refractivity contribution in [1.82, 2.24) is 4.68 Å².